The summed E-state index contributed by atoms with van der Waals surface area (Å²) in [5.41, 5.74) is 14.8. The lowest BCUT2D eigenvalue weighted by molar-refractivity contribution is 0.368. The normalized spacial score (nSPS) is 12.5. The minimum absolute atomic E-state index is 0.202. The maximum atomic E-state index is 7.23. The molecule has 3 rings (SSSR count). The van der Waals surface area contributed by atoms with Crippen LogP contribution in [0.3, 0.4) is 0 Å². The van der Waals surface area contributed by atoms with E-state index >= 15 is 0 Å². The molecule has 0 spiro atoms. The van der Waals surface area contributed by atoms with E-state index in [1.54, 1.807) is 16.7 Å². The topological polar surface area (TPSA) is 60.7 Å². The zero-order chi connectivity index (χ0) is 58.7. The molecular formula is C69H126O3P4. The van der Waals surface area contributed by atoms with E-state index in [0.717, 1.165) is 0 Å². The second kappa shape index (κ2) is 36.7. The average molecular weight is 1130 g/mol. The third kappa shape index (κ3) is 31.5. The first-order valence-corrected chi connectivity index (χ1v) is 33.5. The molecule has 0 saturated carbocycles. The molecule has 0 saturated heterocycles. The summed E-state index contributed by atoms with van der Waals surface area (Å²) >= 11 is 0. The summed E-state index contributed by atoms with van der Waals surface area (Å²) in [7, 11) is 6.50. The van der Waals surface area contributed by atoms with Crippen LogP contribution >= 0.6 is 36.3 Å². The van der Waals surface area contributed by atoms with Gasteiger partial charge < -0.3 is 14.7 Å². The van der Waals surface area contributed by atoms with E-state index < -0.39 is 8.60 Å². The van der Waals surface area contributed by atoms with Crippen molar-refractivity contribution in [2.75, 3.05) is 0 Å². The van der Waals surface area contributed by atoms with Gasteiger partial charge in [-0.15, -0.1) is 27.7 Å². The van der Waals surface area contributed by atoms with Crippen molar-refractivity contribution in [3.05, 3.63) is 86.5 Å². The van der Waals surface area contributed by atoms with E-state index in [1.807, 2.05) is 0 Å². The molecule has 3 aromatic rings. The highest BCUT2D eigenvalue weighted by Gasteiger charge is 2.26. The van der Waals surface area contributed by atoms with Gasteiger partial charge in [0.1, 0.15) is 0 Å². The Kier molecular flexibility index (Phi) is 36.3. The van der Waals surface area contributed by atoms with Crippen molar-refractivity contribution in [1.29, 1.82) is 0 Å². The van der Waals surface area contributed by atoms with Gasteiger partial charge in [0.2, 0.25) is 0 Å². The van der Waals surface area contributed by atoms with Crippen molar-refractivity contribution in [2.45, 2.75) is 332 Å². The van der Waals surface area contributed by atoms with E-state index in [4.69, 9.17) is 14.7 Å². The fourth-order valence-electron chi connectivity index (χ4n) is 9.74. The molecule has 7 heteroatoms. The van der Waals surface area contributed by atoms with Crippen LogP contribution in [0.25, 0.3) is 0 Å². The second-order valence-corrected chi connectivity index (χ2v) is 30.9. The van der Waals surface area contributed by atoms with Crippen LogP contribution in [0.4, 0.5) is 0 Å². The molecule has 0 aliphatic heterocycles. The molecule has 0 aliphatic rings. The molecule has 440 valence electrons. The molecule has 0 amide bonds. The SMILES string of the molecule is CCCCCCCCCc1cc(C(C)(C)C)cc(C(C)(C)C)c1P.CCCCCCCCCc1cc(C(C)(C)C)cc(C(C)(C)C)c1P.CCCCCCCCCc1cc(C(C)(C)C)cc(C(C)(C)C)c1P.OP(O)O. The molecule has 3 unspecified atom stereocenters. The van der Waals surface area contributed by atoms with Crippen LogP contribution in [-0.2, 0) is 51.8 Å². The lowest BCUT2D eigenvalue weighted by Crippen LogP contribution is -2.24. The lowest BCUT2D eigenvalue weighted by atomic mass is 9.79. The maximum absolute atomic E-state index is 7.23. The lowest BCUT2D eigenvalue weighted by Gasteiger charge is -2.28. The minimum atomic E-state index is -2.62. The standard InChI is InChI=1S/3C23H41P.H3O3P/c3*1-8-9-10-11-12-13-14-15-18-16-19(22(2,3)4)17-20(21(18)24)23(5,6)7;1-4(2)3/h3*16-17H,8-15,24H2,1-7H3;1-3H. The fourth-order valence-corrected chi connectivity index (χ4v) is 12.0. The van der Waals surface area contributed by atoms with Crippen LogP contribution in [0.2, 0.25) is 0 Å². The molecule has 76 heavy (non-hydrogen) atoms. The van der Waals surface area contributed by atoms with Gasteiger partial charge in [-0.2, -0.15) is 0 Å². The molecule has 3 N–H and O–H groups in total. The zero-order valence-corrected chi connectivity index (χ0v) is 58.3. The van der Waals surface area contributed by atoms with Gasteiger partial charge in [0.05, 0.1) is 0 Å². The monoisotopic (exact) mass is 1130 g/mol. The first-order chi connectivity index (χ1) is 34.9. The Labute approximate surface area is 482 Å². The third-order valence-corrected chi connectivity index (χ3v) is 17.0. The molecule has 3 nitrogen and oxygen atoms in total. The Morgan fingerprint density at radius 1 is 0.289 bits per heavy atom. The van der Waals surface area contributed by atoms with Crippen molar-refractivity contribution in [2.24, 2.45) is 0 Å². The number of hydrogen-bond donors (Lipinski definition) is 3. The summed E-state index contributed by atoms with van der Waals surface area (Å²) in [4.78, 5) is 21.7. The number of hydrogen-bond acceptors (Lipinski definition) is 3. The summed E-state index contributed by atoms with van der Waals surface area (Å²) < 4.78 is 0. The van der Waals surface area contributed by atoms with Gasteiger partial charge in [-0.25, -0.2) is 0 Å². The Morgan fingerprint density at radius 2 is 0.461 bits per heavy atom. The molecule has 0 bridgehead atoms. The van der Waals surface area contributed by atoms with Gasteiger partial charge in [-0.3, -0.25) is 0 Å². The van der Waals surface area contributed by atoms with Gasteiger partial charge in [-0.05, 0) is 137 Å². The zero-order valence-electron chi connectivity index (χ0n) is 54.0. The average Bonchev–Trinajstić information content (AvgIpc) is 3.27. The summed E-state index contributed by atoms with van der Waals surface area (Å²) in [6, 6.07) is 14.7. The van der Waals surface area contributed by atoms with Crippen molar-refractivity contribution < 1.29 is 14.7 Å². The van der Waals surface area contributed by atoms with E-state index in [9.17, 15) is 0 Å². The Bertz CT molecular complexity index is 1800. The van der Waals surface area contributed by atoms with Crippen molar-refractivity contribution in [3.63, 3.8) is 0 Å². The second-order valence-electron chi connectivity index (χ2n) is 28.7. The first-order valence-electron chi connectivity index (χ1n) is 30.6. The van der Waals surface area contributed by atoms with Crippen molar-refractivity contribution in [3.8, 4) is 0 Å². The molecule has 0 heterocycles. The fraction of sp³-hybridized carbons (Fsp3) is 0.739. The van der Waals surface area contributed by atoms with Gasteiger partial charge in [0, 0.05) is 0 Å². The Hall–Kier alpha value is -0.740. The van der Waals surface area contributed by atoms with Crippen LogP contribution in [0, 0.1) is 0 Å². The molecule has 0 radical (unpaired) electrons. The number of aryl methyl sites for hydroxylation is 3. The van der Waals surface area contributed by atoms with Crippen LogP contribution in [0.5, 0.6) is 0 Å². The number of rotatable bonds is 24. The third-order valence-electron chi connectivity index (χ3n) is 15.0. The summed E-state index contributed by atoms with van der Waals surface area (Å²) in [5.74, 6) is 0. The molecule has 0 aromatic heterocycles. The van der Waals surface area contributed by atoms with Crippen molar-refractivity contribution >= 4 is 52.2 Å². The number of benzene rings is 3. The van der Waals surface area contributed by atoms with Gasteiger partial charge in [-0.1, -0.05) is 297 Å². The molecular weight excluding hydrogens is 1000 g/mol. The van der Waals surface area contributed by atoms with E-state index in [2.05, 4.69) is 210 Å². The van der Waals surface area contributed by atoms with Crippen LogP contribution in [0.15, 0.2) is 36.4 Å². The summed E-state index contributed by atoms with van der Waals surface area (Å²) in [5, 5.41) is 4.34. The molecule has 0 fully saturated rings. The largest absolute Gasteiger partial charge is 0.328 e. The van der Waals surface area contributed by atoms with E-state index in [0.29, 0.717) is 0 Å². The van der Waals surface area contributed by atoms with Gasteiger partial charge >= 0.3 is 8.60 Å². The van der Waals surface area contributed by atoms with Crippen molar-refractivity contribution in [1.82, 2.24) is 0 Å². The maximum Gasteiger partial charge on any atom is 0.324 e. The highest BCUT2D eigenvalue weighted by Crippen LogP contribution is 2.34. The predicted octanol–water partition coefficient (Wildman–Crippen LogP) is 20.4. The summed E-state index contributed by atoms with van der Waals surface area (Å²) in [6.45, 7) is 48.8. The highest BCUT2D eigenvalue weighted by molar-refractivity contribution is 7.38. The number of unbranched alkanes of at least 4 members (excludes halogenated alkanes) is 18. The summed E-state index contributed by atoms with van der Waals surface area (Å²) in [6.07, 6.45) is 32.7. The van der Waals surface area contributed by atoms with Crippen LogP contribution in [0.1, 0.15) is 330 Å². The van der Waals surface area contributed by atoms with Crippen LogP contribution in [-0.4, -0.2) is 14.7 Å². The van der Waals surface area contributed by atoms with Gasteiger partial charge in [0.15, 0.2) is 0 Å². The highest BCUT2D eigenvalue weighted by atomic mass is 31.2. The van der Waals surface area contributed by atoms with E-state index in [-0.39, 0.29) is 32.5 Å². The smallest absolute Gasteiger partial charge is 0.324 e. The Morgan fingerprint density at radius 3 is 0.618 bits per heavy atom. The van der Waals surface area contributed by atoms with Crippen LogP contribution < -0.4 is 15.9 Å². The Balaban J connectivity index is 0.00000107. The predicted molar refractivity (Wildman–Crippen MR) is 358 cm³/mol. The van der Waals surface area contributed by atoms with E-state index in [1.165, 1.54) is 203 Å². The molecule has 3 aromatic carbocycles. The first kappa shape index (κ1) is 75.3. The quantitative estimate of drug-likeness (QED) is 0.0619. The minimum Gasteiger partial charge on any atom is -0.328 e. The molecule has 3 atom stereocenters. The van der Waals surface area contributed by atoms with Gasteiger partial charge in [0.25, 0.3) is 0 Å². The molecule has 0 aliphatic carbocycles.